The molecule has 1 aliphatic carbocycles. The molecule has 32 heavy (non-hydrogen) atoms. The van der Waals surface area contributed by atoms with Gasteiger partial charge in [0.05, 0.1) is 17.1 Å². The van der Waals surface area contributed by atoms with Crippen LogP contribution in [-0.4, -0.2) is 37.2 Å². The van der Waals surface area contributed by atoms with Gasteiger partial charge in [-0.25, -0.2) is 14.6 Å². The van der Waals surface area contributed by atoms with E-state index in [1.54, 1.807) is 10.6 Å². The number of amides is 1. The molecular formula is C24H25N5O3. The van der Waals surface area contributed by atoms with Crippen LogP contribution in [0.3, 0.4) is 0 Å². The highest BCUT2D eigenvalue weighted by molar-refractivity contribution is 5.73. The summed E-state index contributed by atoms with van der Waals surface area (Å²) in [5.41, 5.74) is 1.79. The maximum Gasteiger partial charge on any atom is 0.411 e. The minimum atomic E-state index is -0.620. The fourth-order valence-electron chi connectivity index (χ4n) is 5.34. The van der Waals surface area contributed by atoms with Gasteiger partial charge in [-0.1, -0.05) is 30.3 Å². The number of ether oxygens (including phenoxy) is 1. The summed E-state index contributed by atoms with van der Waals surface area (Å²) in [6.45, 7) is 3.92. The quantitative estimate of drug-likeness (QED) is 0.674. The number of pyridine rings is 1. The summed E-state index contributed by atoms with van der Waals surface area (Å²) in [4.78, 5) is 34.6. The number of cyclic esters (lactones) is 1. The van der Waals surface area contributed by atoms with Crippen molar-refractivity contribution < 1.29 is 9.53 Å². The van der Waals surface area contributed by atoms with Gasteiger partial charge in [0.25, 0.3) is 0 Å². The standard InChI is InChI=1S/C24H25N5O3/c1-24(2)20(16-6-4-3-5-7-16)28(23(31)32-24)17-8-10-18(11-9-17)29-21-19(27-22(29)30)12-15(13-25)14-26-21/h3-7,12,14,17-18,20H,8-11H2,1-2H3,(H,27,30)/t17-,18-,20-/m0/s1. The maximum atomic E-state index is 12.9. The highest BCUT2D eigenvalue weighted by atomic mass is 16.6. The summed E-state index contributed by atoms with van der Waals surface area (Å²) in [7, 11) is 0. The normalized spacial score (nSPS) is 25.0. The van der Waals surface area contributed by atoms with Gasteiger partial charge in [-0.15, -0.1) is 0 Å². The van der Waals surface area contributed by atoms with E-state index in [1.165, 1.54) is 6.20 Å². The number of nitriles is 1. The molecule has 0 bridgehead atoms. The van der Waals surface area contributed by atoms with E-state index in [0.717, 1.165) is 31.2 Å². The molecule has 2 aliphatic rings. The number of hydrogen-bond acceptors (Lipinski definition) is 5. The lowest BCUT2D eigenvalue weighted by Crippen LogP contribution is -2.43. The SMILES string of the molecule is CC1(C)OC(=O)N([C@H]2CC[C@H](n3c(=O)[nH]c4cc(C#N)cnc43)CC2)[C@H]1c1ccccc1. The summed E-state index contributed by atoms with van der Waals surface area (Å²) in [6, 6.07) is 13.6. The number of aromatic amines is 1. The van der Waals surface area contributed by atoms with E-state index in [9.17, 15) is 9.59 Å². The second-order valence-corrected chi connectivity index (χ2v) is 9.16. The van der Waals surface area contributed by atoms with Gasteiger partial charge in [-0.05, 0) is 51.2 Å². The molecule has 164 valence electrons. The molecule has 1 aliphatic heterocycles. The molecule has 0 radical (unpaired) electrons. The second-order valence-electron chi connectivity index (χ2n) is 9.16. The Morgan fingerprint density at radius 1 is 1.12 bits per heavy atom. The van der Waals surface area contributed by atoms with E-state index >= 15 is 0 Å². The van der Waals surface area contributed by atoms with E-state index in [2.05, 4.69) is 9.97 Å². The zero-order chi connectivity index (χ0) is 22.5. The van der Waals surface area contributed by atoms with Gasteiger partial charge in [-0.3, -0.25) is 9.47 Å². The van der Waals surface area contributed by atoms with Crippen LogP contribution in [0.2, 0.25) is 0 Å². The summed E-state index contributed by atoms with van der Waals surface area (Å²) in [5, 5.41) is 9.09. The molecule has 5 rings (SSSR count). The van der Waals surface area contributed by atoms with E-state index in [-0.39, 0.29) is 29.9 Å². The third-order valence-corrected chi connectivity index (χ3v) is 6.72. The van der Waals surface area contributed by atoms with Crippen molar-refractivity contribution >= 4 is 17.3 Å². The van der Waals surface area contributed by atoms with Crippen LogP contribution in [0, 0.1) is 11.3 Å². The molecular weight excluding hydrogens is 406 g/mol. The van der Waals surface area contributed by atoms with Crippen LogP contribution in [0.15, 0.2) is 47.4 Å². The Morgan fingerprint density at radius 2 is 1.81 bits per heavy atom. The first kappa shape index (κ1) is 20.3. The van der Waals surface area contributed by atoms with Gasteiger partial charge in [-0.2, -0.15) is 5.26 Å². The summed E-state index contributed by atoms with van der Waals surface area (Å²) in [6.07, 6.45) is 4.27. The van der Waals surface area contributed by atoms with Crippen LogP contribution in [0.25, 0.3) is 11.2 Å². The van der Waals surface area contributed by atoms with E-state index in [4.69, 9.17) is 10.00 Å². The Labute approximate surface area is 185 Å². The molecule has 0 spiro atoms. The maximum absolute atomic E-state index is 12.9. The predicted octanol–water partition coefficient (Wildman–Crippen LogP) is 4.05. The van der Waals surface area contributed by atoms with Crippen molar-refractivity contribution in [3.05, 3.63) is 64.2 Å². The van der Waals surface area contributed by atoms with Crippen molar-refractivity contribution in [1.29, 1.82) is 5.26 Å². The van der Waals surface area contributed by atoms with E-state index in [0.29, 0.717) is 16.7 Å². The number of imidazole rings is 1. The molecule has 2 aromatic heterocycles. The molecule has 8 heteroatoms. The number of H-pyrrole nitrogens is 1. The minimum absolute atomic E-state index is 0.00487. The van der Waals surface area contributed by atoms with Crippen molar-refractivity contribution in [2.24, 2.45) is 0 Å². The van der Waals surface area contributed by atoms with Gasteiger partial charge >= 0.3 is 11.8 Å². The average molecular weight is 431 g/mol. The minimum Gasteiger partial charge on any atom is -0.441 e. The number of carbonyl (C=O) groups excluding carboxylic acids is 1. The first-order chi connectivity index (χ1) is 15.4. The van der Waals surface area contributed by atoms with Crippen LogP contribution in [0.5, 0.6) is 0 Å². The van der Waals surface area contributed by atoms with Crippen molar-refractivity contribution in [3.63, 3.8) is 0 Å². The van der Waals surface area contributed by atoms with E-state index in [1.807, 2.05) is 55.1 Å². The molecule has 0 unspecified atom stereocenters. The third kappa shape index (κ3) is 3.25. The number of nitrogens with one attached hydrogen (secondary N) is 1. The monoisotopic (exact) mass is 431 g/mol. The van der Waals surface area contributed by atoms with Gasteiger partial charge in [0.15, 0.2) is 5.65 Å². The zero-order valence-corrected chi connectivity index (χ0v) is 18.1. The van der Waals surface area contributed by atoms with Crippen LogP contribution >= 0.6 is 0 Å². The predicted molar refractivity (Wildman–Crippen MR) is 118 cm³/mol. The Kier molecular flexibility index (Phi) is 4.77. The molecule has 1 N–H and O–H groups in total. The van der Waals surface area contributed by atoms with Crippen LogP contribution in [-0.2, 0) is 4.74 Å². The number of fused-ring (bicyclic) bond motifs is 1. The molecule has 3 heterocycles. The number of aromatic nitrogens is 3. The number of hydrogen-bond donors (Lipinski definition) is 1. The fourth-order valence-corrected chi connectivity index (χ4v) is 5.34. The molecule has 1 saturated carbocycles. The first-order valence-corrected chi connectivity index (χ1v) is 11.0. The van der Waals surface area contributed by atoms with Crippen LogP contribution < -0.4 is 5.69 Å². The lowest BCUT2D eigenvalue weighted by molar-refractivity contribution is 0.0662. The van der Waals surface area contributed by atoms with Crippen LogP contribution in [0.4, 0.5) is 4.79 Å². The molecule has 1 amide bonds. The molecule has 1 aromatic carbocycles. The Balaban J connectivity index is 1.39. The highest BCUT2D eigenvalue weighted by Crippen LogP contribution is 2.45. The first-order valence-electron chi connectivity index (χ1n) is 11.0. The Morgan fingerprint density at radius 3 is 2.50 bits per heavy atom. The summed E-state index contributed by atoms with van der Waals surface area (Å²) < 4.78 is 7.47. The van der Waals surface area contributed by atoms with E-state index < -0.39 is 5.60 Å². The molecule has 3 aromatic rings. The zero-order valence-electron chi connectivity index (χ0n) is 18.1. The largest absolute Gasteiger partial charge is 0.441 e. The van der Waals surface area contributed by atoms with Crippen molar-refractivity contribution in [1.82, 2.24) is 19.4 Å². The van der Waals surface area contributed by atoms with Gasteiger partial charge < -0.3 is 9.72 Å². The number of carbonyl (C=O) groups is 1. The number of benzene rings is 1. The Bertz CT molecular complexity index is 1260. The van der Waals surface area contributed by atoms with Crippen molar-refractivity contribution in [2.75, 3.05) is 0 Å². The van der Waals surface area contributed by atoms with Crippen LogP contribution in [0.1, 0.15) is 62.7 Å². The van der Waals surface area contributed by atoms with Gasteiger partial charge in [0.2, 0.25) is 0 Å². The van der Waals surface area contributed by atoms with Crippen molar-refractivity contribution in [2.45, 2.75) is 63.3 Å². The summed E-state index contributed by atoms with van der Waals surface area (Å²) >= 11 is 0. The Hall–Kier alpha value is -3.60. The lowest BCUT2D eigenvalue weighted by atomic mass is 9.86. The third-order valence-electron chi connectivity index (χ3n) is 6.72. The molecule has 1 saturated heterocycles. The van der Waals surface area contributed by atoms with Gasteiger partial charge in [0.1, 0.15) is 11.7 Å². The smallest absolute Gasteiger partial charge is 0.411 e. The number of rotatable bonds is 3. The average Bonchev–Trinajstić information content (AvgIpc) is 3.24. The lowest BCUT2D eigenvalue weighted by Gasteiger charge is -2.38. The second kappa shape index (κ2) is 7.52. The molecule has 1 atom stereocenters. The highest BCUT2D eigenvalue weighted by Gasteiger charge is 2.51. The summed E-state index contributed by atoms with van der Waals surface area (Å²) in [5.74, 6) is 0. The topological polar surface area (TPSA) is 104 Å². The number of nitrogens with zero attached hydrogens (tertiary/aromatic N) is 4. The molecule has 8 nitrogen and oxygen atoms in total. The van der Waals surface area contributed by atoms with Crippen molar-refractivity contribution in [3.8, 4) is 6.07 Å². The fraction of sp³-hybridized carbons (Fsp3) is 0.417. The molecule has 2 fully saturated rings. The van der Waals surface area contributed by atoms with Gasteiger partial charge in [0, 0.05) is 18.3 Å².